The summed E-state index contributed by atoms with van der Waals surface area (Å²) in [5.41, 5.74) is 0.700. The summed E-state index contributed by atoms with van der Waals surface area (Å²) < 4.78 is 27.0. The van der Waals surface area contributed by atoms with Crippen molar-refractivity contribution < 1.29 is 13.2 Å². The molecule has 2 N–H and O–H groups in total. The molecule has 0 saturated heterocycles. The normalized spacial score (nSPS) is 11.4. The number of carbonyl (C=O) groups excluding carboxylic acids is 1. The molecule has 0 heterocycles. The lowest BCUT2D eigenvalue weighted by Gasteiger charge is -2.10. The number of benzene rings is 1. The second-order valence-electron chi connectivity index (χ2n) is 7.94. The van der Waals surface area contributed by atoms with Crippen LogP contribution in [0, 0.1) is 0 Å². The molecular weight excluding hydrogens is 420 g/mol. The Labute approximate surface area is 188 Å². The van der Waals surface area contributed by atoms with Gasteiger partial charge in [0.1, 0.15) is 0 Å². The highest BCUT2D eigenvalue weighted by molar-refractivity contribution is 7.92. The van der Waals surface area contributed by atoms with E-state index in [4.69, 9.17) is 11.6 Å². The average Bonchev–Trinajstić information content (AvgIpc) is 2.70. The second kappa shape index (κ2) is 16.4. The lowest BCUT2D eigenvalue weighted by molar-refractivity contribution is 0.537. The van der Waals surface area contributed by atoms with Gasteiger partial charge in [0.05, 0.1) is 22.2 Å². The van der Waals surface area contributed by atoms with E-state index >= 15 is 0 Å². The van der Waals surface area contributed by atoms with Crippen molar-refractivity contribution in [3.05, 3.63) is 23.2 Å². The first kappa shape index (κ1) is 26.8. The molecule has 0 fully saturated rings. The zero-order valence-corrected chi connectivity index (χ0v) is 19.9. The maximum Gasteiger partial charge on any atom is 0.314 e. The van der Waals surface area contributed by atoms with Gasteiger partial charge in [-0.2, -0.15) is 0 Å². The molecule has 1 aromatic carbocycles. The molecule has 0 aromatic heterocycles. The summed E-state index contributed by atoms with van der Waals surface area (Å²) in [5, 5.41) is 2.65. The van der Waals surface area contributed by atoms with Crippen LogP contribution in [0.4, 0.5) is 11.4 Å². The van der Waals surface area contributed by atoms with Gasteiger partial charge < -0.3 is 5.32 Å². The minimum absolute atomic E-state index is 0.0935. The highest BCUT2D eigenvalue weighted by Crippen LogP contribution is 2.25. The predicted octanol–water partition coefficient (Wildman–Crippen LogP) is 7.04. The quantitative estimate of drug-likeness (QED) is 0.173. The number of rotatable bonds is 19. The first-order valence-corrected chi connectivity index (χ1v) is 13.4. The van der Waals surface area contributed by atoms with Crippen LogP contribution >= 0.6 is 11.6 Å². The van der Waals surface area contributed by atoms with Gasteiger partial charge in [0.2, 0.25) is 10.0 Å². The number of sulfonamides is 1. The third-order valence-electron chi connectivity index (χ3n) is 5.19. The highest BCUT2D eigenvalue weighted by Gasteiger charge is 2.11. The van der Waals surface area contributed by atoms with Crippen molar-refractivity contribution in [2.24, 2.45) is 0 Å². The molecule has 1 aromatic rings. The van der Waals surface area contributed by atoms with E-state index in [0.29, 0.717) is 22.8 Å². The van der Waals surface area contributed by atoms with E-state index in [1.165, 1.54) is 89.2 Å². The topological polar surface area (TPSA) is 75.3 Å². The molecule has 171 valence electrons. The highest BCUT2D eigenvalue weighted by atomic mass is 35.5. The van der Waals surface area contributed by atoms with Gasteiger partial charge in [0.25, 0.3) is 0 Å². The van der Waals surface area contributed by atoms with Crippen molar-refractivity contribution in [2.75, 3.05) is 15.8 Å². The van der Waals surface area contributed by atoms with Gasteiger partial charge in [-0.05, 0) is 24.6 Å². The van der Waals surface area contributed by atoms with Crippen LogP contribution in [0.2, 0.25) is 5.02 Å². The van der Waals surface area contributed by atoms with E-state index in [1.807, 2.05) is 0 Å². The van der Waals surface area contributed by atoms with Gasteiger partial charge in [-0.15, -0.1) is 0 Å². The van der Waals surface area contributed by atoms with Crippen molar-refractivity contribution in [1.82, 2.24) is 0 Å². The molecule has 0 unspecified atom stereocenters. The lowest BCUT2D eigenvalue weighted by atomic mass is 10.0. The van der Waals surface area contributed by atoms with Gasteiger partial charge in [0.15, 0.2) is 0 Å². The van der Waals surface area contributed by atoms with Gasteiger partial charge in [-0.25, -0.2) is 8.42 Å². The van der Waals surface area contributed by atoms with Crippen molar-refractivity contribution in [3.8, 4) is 0 Å². The summed E-state index contributed by atoms with van der Waals surface area (Å²) in [6, 6.07) is 4.59. The average molecular weight is 458 g/mol. The Bertz CT molecular complexity index is 696. The summed E-state index contributed by atoms with van der Waals surface area (Å²) in [5.74, 6) is 0.0935. The van der Waals surface area contributed by atoms with Crippen molar-refractivity contribution >= 4 is 39.4 Å². The molecule has 0 aliphatic carbocycles. The van der Waals surface area contributed by atoms with E-state index in [2.05, 4.69) is 17.0 Å². The number of hydrogen-bond acceptors (Lipinski definition) is 3. The molecule has 7 heteroatoms. The van der Waals surface area contributed by atoms with Crippen LogP contribution in [0.3, 0.4) is 0 Å². The molecule has 1 amide bonds. The lowest BCUT2D eigenvalue weighted by Crippen LogP contribution is -2.16. The fourth-order valence-corrected chi connectivity index (χ4v) is 4.79. The Hall–Kier alpha value is -1.27. The number of amides is 1. The molecular formula is C23H38ClN2O3S. The van der Waals surface area contributed by atoms with Gasteiger partial charge >= 0.3 is 6.41 Å². The van der Waals surface area contributed by atoms with E-state index in [-0.39, 0.29) is 5.75 Å². The zero-order valence-electron chi connectivity index (χ0n) is 18.3. The summed E-state index contributed by atoms with van der Waals surface area (Å²) >= 11 is 5.93. The molecule has 30 heavy (non-hydrogen) atoms. The standard InChI is InChI=1S/C23H38ClN2O3S/c1-2-3-4-5-6-7-8-9-10-11-12-13-14-15-18-30(28,29)26-21-16-17-22(24)23(19-21)25-20-27/h16-17,19,26H,2-15,18H2,1H3,(H,25,27). The second-order valence-corrected chi connectivity index (χ2v) is 10.2. The first-order chi connectivity index (χ1) is 14.5. The Morgan fingerprint density at radius 2 is 1.33 bits per heavy atom. The van der Waals surface area contributed by atoms with Crippen LogP contribution in [0.15, 0.2) is 18.2 Å². The summed E-state index contributed by atoms with van der Waals surface area (Å²) in [7, 11) is -3.41. The Morgan fingerprint density at radius 1 is 0.833 bits per heavy atom. The molecule has 1 radical (unpaired) electrons. The summed E-state index contributed by atoms with van der Waals surface area (Å²) in [6.45, 7) is 2.25. The minimum atomic E-state index is -3.41. The van der Waals surface area contributed by atoms with Crippen molar-refractivity contribution in [3.63, 3.8) is 0 Å². The SMILES string of the molecule is CCCCCCCCCCCCCCCCS(=O)(=O)Nc1ccc(Cl)c(N[C]=O)c1. The van der Waals surface area contributed by atoms with Crippen LogP contribution in [-0.4, -0.2) is 20.6 Å². The molecule has 5 nitrogen and oxygen atoms in total. The molecule has 0 atom stereocenters. The van der Waals surface area contributed by atoms with E-state index in [0.717, 1.165) is 12.8 Å². The van der Waals surface area contributed by atoms with Crippen molar-refractivity contribution in [1.29, 1.82) is 0 Å². The van der Waals surface area contributed by atoms with Gasteiger partial charge in [-0.3, -0.25) is 9.52 Å². The van der Waals surface area contributed by atoms with Crippen LogP contribution in [-0.2, 0) is 14.8 Å². The fourth-order valence-electron chi connectivity index (χ4n) is 3.46. The maximum atomic E-state index is 12.2. The molecule has 0 bridgehead atoms. The Morgan fingerprint density at radius 3 is 1.83 bits per heavy atom. The first-order valence-electron chi connectivity index (χ1n) is 11.4. The third kappa shape index (κ3) is 13.1. The summed E-state index contributed by atoms with van der Waals surface area (Å²) in [4.78, 5) is 10.4. The molecule has 0 saturated carbocycles. The van der Waals surface area contributed by atoms with E-state index in [1.54, 1.807) is 6.07 Å². The van der Waals surface area contributed by atoms with Crippen LogP contribution < -0.4 is 10.0 Å². The van der Waals surface area contributed by atoms with E-state index in [9.17, 15) is 13.2 Å². The Balaban J connectivity index is 2.07. The number of halogens is 1. The number of hydrogen-bond donors (Lipinski definition) is 2. The molecule has 1 rings (SSSR count). The molecule has 0 aliphatic rings. The smallest absolute Gasteiger partial charge is 0.314 e. The predicted molar refractivity (Wildman–Crippen MR) is 128 cm³/mol. The van der Waals surface area contributed by atoms with Crippen LogP contribution in [0.25, 0.3) is 0 Å². The molecule has 0 aliphatic heterocycles. The van der Waals surface area contributed by atoms with Crippen molar-refractivity contribution in [2.45, 2.75) is 96.8 Å². The Kier molecular flexibility index (Phi) is 14.7. The fraction of sp³-hybridized carbons (Fsp3) is 0.696. The van der Waals surface area contributed by atoms with Crippen LogP contribution in [0.5, 0.6) is 0 Å². The van der Waals surface area contributed by atoms with Gasteiger partial charge in [0, 0.05) is 0 Å². The number of nitrogens with one attached hydrogen (secondary N) is 2. The van der Waals surface area contributed by atoms with Crippen LogP contribution in [0.1, 0.15) is 96.8 Å². The largest absolute Gasteiger partial charge is 0.316 e. The monoisotopic (exact) mass is 457 g/mol. The van der Waals surface area contributed by atoms with E-state index < -0.39 is 10.0 Å². The third-order valence-corrected chi connectivity index (χ3v) is 6.89. The molecule has 0 spiro atoms. The summed E-state index contributed by atoms with van der Waals surface area (Å²) in [6.07, 6.45) is 18.8. The number of anilines is 2. The zero-order chi connectivity index (χ0) is 22.1. The van der Waals surface area contributed by atoms with Gasteiger partial charge in [-0.1, -0.05) is 102 Å². The maximum absolute atomic E-state index is 12.2. The minimum Gasteiger partial charge on any atom is -0.316 e. The number of unbranched alkanes of at least 4 members (excludes halogenated alkanes) is 13.